The highest BCUT2D eigenvalue weighted by molar-refractivity contribution is 7.92. The van der Waals surface area contributed by atoms with Gasteiger partial charge in [-0.15, -0.1) is 6.58 Å². The first-order chi connectivity index (χ1) is 13.0. The molecule has 0 radical (unpaired) electrons. The lowest BCUT2D eigenvalue weighted by Gasteiger charge is -2.30. The van der Waals surface area contributed by atoms with Gasteiger partial charge >= 0.3 is 0 Å². The Morgan fingerprint density at radius 3 is 2.63 bits per heavy atom. The number of fused-ring (bicyclic) bond motifs is 1. The summed E-state index contributed by atoms with van der Waals surface area (Å²) in [4.78, 5) is 11.9. The van der Waals surface area contributed by atoms with Crippen LogP contribution in [0.25, 0.3) is 0 Å². The second kappa shape index (κ2) is 8.39. The summed E-state index contributed by atoms with van der Waals surface area (Å²) < 4.78 is 27.7. The Hall–Kier alpha value is -2.60. The Kier molecular flexibility index (Phi) is 5.96. The van der Waals surface area contributed by atoms with Crippen LogP contribution in [-0.2, 0) is 27.7 Å². The number of anilines is 1. The molecule has 0 aromatic heterocycles. The van der Waals surface area contributed by atoms with Gasteiger partial charge in [-0.1, -0.05) is 36.4 Å². The number of sulfonamides is 1. The van der Waals surface area contributed by atoms with Gasteiger partial charge in [0, 0.05) is 19.5 Å². The zero-order valence-corrected chi connectivity index (χ0v) is 16.0. The van der Waals surface area contributed by atoms with Gasteiger partial charge in [0.05, 0.1) is 10.6 Å². The molecule has 1 aliphatic heterocycles. The van der Waals surface area contributed by atoms with Gasteiger partial charge in [0.15, 0.2) is 0 Å². The van der Waals surface area contributed by atoms with Gasteiger partial charge in [-0.3, -0.25) is 9.10 Å². The maximum atomic E-state index is 13.1. The highest BCUT2D eigenvalue weighted by atomic mass is 32.2. The van der Waals surface area contributed by atoms with E-state index in [0.717, 1.165) is 29.7 Å². The Balaban J connectivity index is 1.73. The molecule has 0 saturated carbocycles. The average Bonchev–Trinajstić information content (AvgIpc) is 2.70. The number of hydrogen-bond donors (Lipinski definition) is 1. The first-order valence-corrected chi connectivity index (χ1v) is 10.5. The van der Waals surface area contributed by atoms with Crippen molar-refractivity contribution in [3.05, 3.63) is 72.3 Å². The molecule has 1 heterocycles. The molecule has 0 fully saturated rings. The molecular formula is C21H24N2O3S. The van der Waals surface area contributed by atoms with Gasteiger partial charge in [-0.25, -0.2) is 8.42 Å². The fourth-order valence-corrected chi connectivity index (χ4v) is 4.78. The highest BCUT2D eigenvalue weighted by Crippen LogP contribution is 2.31. The minimum absolute atomic E-state index is 0.0449. The van der Waals surface area contributed by atoms with Gasteiger partial charge in [-0.2, -0.15) is 0 Å². The van der Waals surface area contributed by atoms with E-state index in [9.17, 15) is 13.2 Å². The number of amides is 1. The fraction of sp³-hybridized carbons (Fsp3) is 0.286. The van der Waals surface area contributed by atoms with E-state index >= 15 is 0 Å². The third-order valence-corrected chi connectivity index (χ3v) is 6.49. The van der Waals surface area contributed by atoms with Gasteiger partial charge in [0.1, 0.15) is 0 Å². The molecule has 0 unspecified atom stereocenters. The van der Waals surface area contributed by atoms with Crippen LogP contribution in [0.5, 0.6) is 0 Å². The van der Waals surface area contributed by atoms with Gasteiger partial charge in [0.25, 0.3) is 10.0 Å². The third-order valence-electron chi connectivity index (χ3n) is 4.66. The third kappa shape index (κ3) is 4.39. The van der Waals surface area contributed by atoms with Crippen molar-refractivity contribution in [2.24, 2.45) is 0 Å². The molecule has 0 atom stereocenters. The van der Waals surface area contributed by atoms with Crippen LogP contribution >= 0.6 is 0 Å². The molecule has 0 saturated heterocycles. The highest BCUT2D eigenvalue weighted by Gasteiger charge is 2.28. The average molecular weight is 385 g/mol. The molecule has 0 aliphatic carbocycles. The van der Waals surface area contributed by atoms with E-state index < -0.39 is 10.0 Å². The summed E-state index contributed by atoms with van der Waals surface area (Å²) in [6, 6.07) is 14.5. The van der Waals surface area contributed by atoms with Crippen molar-refractivity contribution >= 4 is 21.6 Å². The second-order valence-electron chi connectivity index (χ2n) is 6.55. The van der Waals surface area contributed by atoms with Crippen molar-refractivity contribution < 1.29 is 13.2 Å². The molecule has 1 aliphatic rings. The number of nitrogens with one attached hydrogen (secondary N) is 1. The summed E-state index contributed by atoms with van der Waals surface area (Å²) >= 11 is 0. The van der Waals surface area contributed by atoms with E-state index in [2.05, 4.69) is 11.9 Å². The zero-order valence-electron chi connectivity index (χ0n) is 15.2. The van der Waals surface area contributed by atoms with Crippen molar-refractivity contribution in [2.75, 3.05) is 17.4 Å². The smallest absolute Gasteiger partial charge is 0.264 e. The predicted molar refractivity (Wildman–Crippen MR) is 107 cm³/mol. The normalized spacial score (nSPS) is 13.7. The molecular weight excluding hydrogens is 360 g/mol. The standard InChI is InChI=1S/C21H24N2O3S/c1-2-15-22-21(24)14-11-17-9-12-19(13-10-17)27(25,26)23-16-5-7-18-6-3-4-8-20(18)23/h2-4,6,8-10,12-13H,1,5,7,11,14-16H2,(H,22,24). The van der Waals surface area contributed by atoms with E-state index in [4.69, 9.17) is 0 Å². The summed E-state index contributed by atoms with van der Waals surface area (Å²) in [7, 11) is -3.59. The van der Waals surface area contributed by atoms with Crippen LogP contribution in [0.1, 0.15) is 24.0 Å². The van der Waals surface area contributed by atoms with Gasteiger partial charge in [0.2, 0.25) is 5.91 Å². The van der Waals surface area contributed by atoms with Crippen LogP contribution in [0, 0.1) is 0 Å². The molecule has 142 valence electrons. The van der Waals surface area contributed by atoms with Crippen molar-refractivity contribution in [3.8, 4) is 0 Å². The molecule has 0 spiro atoms. The van der Waals surface area contributed by atoms with E-state index in [1.165, 1.54) is 4.31 Å². The number of carbonyl (C=O) groups is 1. The van der Waals surface area contributed by atoms with Crippen molar-refractivity contribution in [1.82, 2.24) is 5.32 Å². The molecule has 27 heavy (non-hydrogen) atoms. The number of benzene rings is 2. The molecule has 1 amide bonds. The molecule has 6 heteroatoms. The van der Waals surface area contributed by atoms with Gasteiger partial charge in [-0.05, 0) is 48.6 Å². The summed E-state index contributed by atoms with van der Waals surface area (Å²) in [6.45, 7) is 4.50. The second-order valence-corrected chi connectivity index (χ2v) is 8.41. The quantitative estimate of drug-likeness (QED) is 0.746. The summed E-state index contributed by atoms with van der Waals surface area (Å²) in [5.41, 5.74) is 2.77. The molecule has 2 aromatic rings. The number of carbonyl (C=O) groups excluding carboxylic acids is 1. The van der Waals surface area contributed by atoms with Crippen molar-refractivity contribution in [1.29, 1.82) is 0 Å². The lowest BCUT2D eigenvalue weighted by atomic mass is 10.0. The molecule has 1 N–H and O–H groups in total. The van der Waals surface area contributed by atoms with E-state index in [1.807, 2.05) is 24.3 Å². The first-order valence-electron chi connectivity index (χ1n) is 9.09. The minimum atomic E-state index is -3.59. The van der Waals surface area contributed by atoms with Crippen molar-refractivity contribution in [3.63, 3.8) is 0 Å². The van der Waals surface area contributed by atoms with Crippen LogP contribution < -0.4 is 9.62 Å². The molecule has 3 rings (SSSR count). The minimum Gasteiger partial charge on any atom is -0.353 e. The van der Waals surface area contributed by atoms with E-state index in [-0.39, 0.29) is 10.8 Å². The summed E-state index contributed by atoms with van der Waals surface area (Å²) in [6.07, 6.45) is 4.27. The Morgan fingerprint density at radius 1 is 1.15 bits per heavy atom. The predicted octanol–water partition coefficient (Wildman–Crippen LogP) is 3.06. The van der Waals surface area contributed by atoms with Crippen LogP contribution in [0.4, 0.5) is 5.69 Å². The lowest BCUT2D eigenvalue weighted by molar-refractivity contribution is -0.120. The van der Waals surface area contributed by atoms with Crippen molar-refractivity contribution in [2.45, 2.75) is 30.6 Å². The van der Waals surface area contributed by atoms with E-state index in [1.54, 1.807) is 30.3 Å². The van der Waals surface area contributed by atoms with Crippen LogP contribution in [-0.4, -0.2) is 27.4 Å². The zero-order chi connectivity index (χ0) is 19.3. The fourth-order valence-electron chi connectivity index (χ4n) is 3.24. The molecule has 5 nitrogen and oxygen atoms in total. The maximum absolute atomic E-state index is 13.1. The molecule has 2 aromatic carbocycles. The Labute approximate surface area is 160 Å². The largest absolute Gasteiger partial charge is 0.353 e. The summed E-state index contributed by atoms with van der Waals surface area (Å²) in [5, 5.41) is 2.73. The number of aryl methyl sites for hydroxylation is 2. The Bertz CT molecular complexity index is 921. The van der Waals surface area contributed by atoms with E-state index in [0.29, 0.717) is 25.9 Å². The van der Waals surface area contributed by atoms with Gasteiger partial charge < -0.3 is 5.32 Å². The first kappa shape index (κ1) is 19.2. The van der Waals surface area contributed by atoms with Crippen LogP contribution in [0.2, 0.25) is 0 Å². The summed E-state index contributed by atoms with van der Waals surface area (Å²) in [5.74, 6) is -0.0449. The molecule has 0 bridgehead atoms. The number of rotatable bonds is 7. The lowest BCUT2D eigenvalue weighted by Crippen LogP contribution is -2.35. The Morgan fingerprint density at radius 2 is 1.89 bits per heavy atom. The maximum Gasteiger partial charge on any atom is 0.264 e. The van der Waals surface area contributed by atoms with Crippen LogP contribution in [0.15, 0.2) is 66.1 Å². The van der Waals surface area contributed by atoms with Crippen LogP contribution in [0.3, 0.4) is 0 Å². The number of nitrogens with zero attached hydrogens (tertiary/aromatic N) is 1. The number of para-hydroxylation sites is 1. The topological polar surface area (TPSA) is 66.5 Å². The number of hydrogen-bond acceptors (Lipinski definition) is 3. The SMILES string of the molecule is C=CCNC(=O)CCc1ccc(S(=O)(=O)N2CCCc3ccccc32)cc1. The monoisotopic (exact) mass is 384 g/mol.